The predicted molar refractivity (Wildman–Crippen MR) is 63.9 cm³/mol. The van der Waals surface area contributed by atoms with Crippen molar-refractivity contribution in [3.8, 4) is 17.2 Å². The van der Waals surface area contributed by atoms with Gasteiger partial charge in [0.05, 0.1) is 7.11 Å². The van der Waals surface area contributed by atoms with E-state index in [-0.39, 0.29) is 5.82 Å². The highest BCUT2D eigenvalue weighted by Gasteiger charge is 2.07. The highest BCUT2D eigenvalue weighted by atomic mass is 19.1. The maximum absolute atomic E-state index is 12.7. The average molecular weight is 233 g/mol. The minimum atomic E-state index is -0.309. The number of para-hydroxylation sites is 1. The molecule has 0 heterocycles. The molecule has 88 valence electrons. The van der Waals surface area contributed by atoms with Crippen LogP contribution in [0, 0.1) is 5.82 Å². The second-order valence-electron chi connectivity index (χ2n) is 3.43. The maximum Gasteiger partial charge on any atom is 0.154 e. The summed E-state index contributed by atoms with van der Waals surface area (Å²) in [5.41, 5.74) is 6.26. The molecule has 0 atom stereocenters. The van der Waals surface area contributed by atoms with Gasteiger partial charge in [0.15, 0.2) is 5.75 Å². The molecule has 0 radical (unpaired) electrons. The van der Waals surface area contributed by atoms with Gasteiger partial charge in [-0.3, -0.25) is 0 Å². The zero-order valence-corrected chi connectivity index (χ0v) is 9.31. The van der Waals surface area contributed by atoms with Gasteiger partial charge in [0.2, 0.25) is 0 Å². The third kappa shape index (κ3) is 2.47. The van der Waals surface area contributed by atoms with E-state index in [0.29, 0.717) is 22.9 Å². The standard InChI is InChI=1S/C13H12FNO2/c1-16-11-3-2-4-12(13(11)15)17-10-7-5-9(14)6-8-10/h2-8H,15H2,1H3. The Balaban J connectivity index is 2.27. The molecular formula is C13H12FNO2. The van der Waals surface area contributed by atoms with E-state index in [1.54, 1.807) is 18.2 Å². The lowest BCUT2D eigenvalue weighted by Crippen LogP contribution is -1.95. The molecule has 2 aromatic rings. The summed E-state index contributed by atoms with van der Waals surface area (Å²) in [6.07, 6.45) is 0. The SMILES string of the molecule is COc1cccc(Oc2ccc(F)cc2)c1N. The Kier molecular flexibility index (Phi) is 3.14. The van der Waals surface area contributed by atoms with Crippen molar-refractivity contribution in [2.24, 2.45) is 0 Å². The van der Waals surface area contributed by atoms with Crippen molar-refractivity contribution in [3.05, 3.63) is 48.3 Å². The Morgan fingerprint density at radius 1 is 1.00 bits per heavy atom. The number of rotatable bonds is 3. The van der Waals surface area contributed by atoms with Gasteiger partial charge in [-0.1, -0.05) is 6.07 Å². The Labute approximate surface area is 98.6 Å². The lowest BCUT2D eigenvalue weighted by Gasteiger charge is -2.11. The molecule has 0 saturated heterocycles. The van der Waals surface area contributed by atoms with Gasteiger partial charge < -0.3 is 15.2 Å². The number of halogens is 1. The van der Waals surface area contributed by atoms with E-state index in [2.05, 4.69) is 0 Å². The van der Waals surface area contributed by atoms with Gasteiger partial charge in [0.25, 0.3) is 0 Å². The molecule has 17 heavy (non-hydrogen) atoms. The topological polar surface area (TPSA) is 44.5 Å². The van der Waals surface area contributed by atoms with Gasteiger partial charge in [-0.15, -0.1) is 0 Å². The fourth-order valence-electron chi connectivity index (χ4n) is 1.42. The summed E-state index contributed by atoms with van der Waals surface area (Å²) in [4.78, 5) is 0. The van der Waals surface area contributed by atoms with Crippen LogP contribution in [0.4, 0.5) is 10.1 Å². The minimum Gasteiger partial charge on any atom is -0.494 e. The number of ether oxygens (including phenoxy) is 2. The van der Waals surface area contributed by atoms with E-state index in [1.807, 2.05) is 0 Å². The molecule has 0 unspecified atom stereocenters. The normalized spacial score (nSPS) is 10.0. The molecule has 0 saturated carbocycles. The van der Waals surface area contributed by atoms with Crippen LogP contribution in [0.1, 0.15) is 0 Å². The second kappa shape index (κ2) is 4.74. The van der Waals surface area contributed by atoms with Crippen molar-refractivity contribution in [3.63, 3.8) is 0 Å². The first-order valence-electron chi connectivity index (χ1n) is 5.06. The molecule has 0 spiro atoms. The molecule has 0 bridgehead atoms. The van der Waals surface area contributed by atoms with Crippen LogP contribution in [0.25, 0.3) is 0 Å². The summed E-state index contributed by atoms with van der Waals surface area (Å²) >= 11 is 0. The Hall–Kier alpha value is -2.23. The van der Waals surface area contributed by atoms with Crippen LogP contribution >= 0.6 is 0 Å². The van der Waals surface area contributed by atoms with Gasteiger partial charge in [-0.05, 0) is 36.4 Å². The van der Waals surface area contributed by atoms with Crippen molar-refractivity contribution < 1.29 is 13.9 Å². The summed E-state index contributed by atoms with van der Waals surface area (Å²) in [6, 6.07) is 11.0. The van der Waals surface area contributed by atoms with E-state index in [9.17, 15) is 4.39 Å². The van der Waals surface area contributed by atoms with Crippen molar-refractivity contribution in [1.82, 2.24) is 0 Å². The van der Waals surface area contributed by atoms with Crippen molar-refractivity contribution >= 4 is 5.69 Å². The molecule has 0 fully saturated rings. The zero-order chi connectivity index (χ0) is 12.3. The largest absolute Gasteiger partial charge is 0.494 e. The number of benzene rings is 2. The van der Waals surface area contributed by atoms with Crippen molar-refractivity contribution in [2.45, 2.75) is 0 Å². The molecule has 0 aliphatic rings. The number of hydrogen-bond acceptors (Lipinski definition) is 3. The van der Waals surface area contributed by atoms with Crippen LogP contribution in [0.2, 0.25) is 0 Å². The maximum atomic E-state index is 12.7. The third-order valence-electron chi connectivity index (χ3n) is 2.29. The Bertz CT molecular complexity index is 511. The minimum absolute atomic E-state index is 0.309. The summed E-state index contributed by atoms with van der Waals surface area (Å²) in [5.74, 6) is 1.24. The summed E-state index contributed by atoms with van der Waals surface area (Å²) in [5, 5.41) is 0. The van der Waals surface area contributed by atoms with E-state index in [4.69, 9.17) is 15.2 Å². The van der Waals surface area contributed by atoms with Crippen LogP contribution in [0.5, 0.6) is 17.2 Å². The second-order valence-corrected chi connectivity index (χ2v) is 3.43. The first-order chi connectivity index (χ1) is 8.20. The van der Waals surface area contributed by atoms with Gasteiger partial charge in [0, 0.05) is 0 Å². The monoisotopic (exact) mass is 233 g/mol. The number of anilines is 1. The van der Waals surface area contributed by atoms with Crippen LogP contribution in [-0.4, -0.2) is 7.11 Å². The first-order valence-corrected chi connectivity index (χ1v) is 5.06. The molecular weight excluding hydrogens is 221 g/mol. The van der Waals surface area contributed by atoms with Crippen LogP contribution < -0.4 is 15.2 Å². The van der Waals surface area contributed by atoms with Crippen molar-refractivity contribution in [2.75, 3.05) is 12.8 Å². The van der Waals surface area contributed by atoms with Crippen LogP contribution in [-0.2, 0) is 0 Å². The molecule has 2 rings (SSSR count). The number of nitrogen functional groups attached to an aromatic ring is 1. The van der Waals surface area contributed by atoms with Crippen molar-refractivity contribution in [1.29, 1.82) is 0 Å². The Morgan fingerprint density at radius 2 is 1.65 bits per heavy atom. The molecule has 0 aromatic heterocycles. The van der Waals surface area contributed by atoms with Crippen LogP contribution in [0.3, 0.4) is 0 Å². The summed E-state index contributed by atoms with van der Waals surface area (Å²) in [7, 11) is 1.54. The Morgan fingerprint density at radius 3 is 2.29 bits per heavy atom. The lowest BCUT2D eigenvalue weighted by atomic mass is 10.2. The van der Waals surface area contributed by atoms with E-state index in [1.165, 1.54) is 31.4 Å². The molecule has 4 heteroatoms. The smallest absolute Gasteiger partial charge is 0.154 e. The molecule has 0 amide bonds. The lowest BCUT2D eigenvalue weighted by molar-refractivity contribution is 0.412. The summed E-state index contributed by atoms with van der Waals surface area (Å²) in [6.45, 7) is 0. The molecule has 2 aromatic carbocycles. The van der Waals surface area contributed by atoms with Gasteiger partial charge >= 0.3 is 0 Å². The van der Waals surface area contributed by atoms with E-state index in [0.717, 1.165) is 0 Å². The molecule has 2 N–H and O–H groups in total. The first kappa shape index (κ1) is 11.3. The van der Waals surface area contributed by atoms with Crippen LogP contribution in [0.15, 0.2) is 42.5 Å². The third-order valence-corrected chi connectivity index (χ3v) is 2.29. The highest BCUT2D eigenvalue weighted by Crippen LogP contribution is 2.34. The quantitative estimate of drug-likeness (QED) is 0.828. The number of hydrogen-bond donors (Lipinski definition) is 1. The fourth-order valence-corrected chi connectivity index (χ4v) is 1.42. The van der Waals surface area contributed by atoms with Gasteiger partial charge in [-0.25, -0.2) is 4.39 Å². The summed E-state index contributed by atoms with van der Waals surface area (Å²) < 4.78 is 23.3. The van der Waals surface area contributed by atoms with E-state index >= 15 is 0 Å². The number of methoxy groups -OCH3 is 1. The molecule has 0 aliphatic carbocycles. The zero-order valence-electron chi connectivity index (χ0n) is 9.31. The highest BCUT2D eigenvalue weighted by molar-refractivity contribution is 5.63. The molecule has 3 nitrogen and oxygen atoms in total. The average Bonchev–Trinajstić information content (AvgIpc) is 2.35. The number of nitrogens with two attached hydrogens (primary N) is 1. The predicted octanol–water partition coefficient (Wildman–Crippen LogP) is 3.21. The molecule has 0 aliphatic heterocycles. The van der Waals surface area contributed by atoms with Gasteiger partial charge in [-0.2, -0.15) is 0 Å². The fraction of sp³-hybridized carbons (Fsp3) is 0.0769. The van der Waals surface area contributed by atoms with E-state index < -0.39 is 0 Å². The van der Waals surface area contributed by atoms with Gasteiger partial charge in [0.1, 0.15) is 23.0 Å².